The van der Waals surface area contributed by atoms with Gasteiger partial charge < -0.3 is 15.0 Å². The van der Waals surface area contributed by atoms with E-state index < -0.39 is 0 Å². The summed E-state index contributed by atoms with van der Waals surface area (Å²) in [6, 6.07) is 9.69. The molecule has 2 aromatic rings. The van der Waals surface area contributed by atoms with Crippen LogP contribution in [0.25, 0.3) is 0 Å². The van der Waals surface area contributed by atoms with Crippen LogP contribution in [0.3, 0.4) is 0 Å². The lowest BCUT2D eigenvalue weighted by atomic mass is 9.91. The van der Waals surface area contributed by atoms with Crippen LogP contribution in [0.4, 0.5) is 10.1 Å². The monoisotopic (exact) mass is 525 g/mol. The molecule has 0 bridgehead atoms. The van der Waals surface area contributed by atoms with Gasteiger partial charge in [-0.25, -0.2) is 4.39 Å². The maximum Gasteiger partial charge on any atom is 0.241 e. The molecule has 5 rings (SSSR count). The zero-order valence-electron chi connectivity index (χ0n) is 22.5. The number of benzene rings is 1. The van der Waals surface area contributed by atoms with Crippen LogP contribution in [-0.4, -0.2) is 91.3 Å². The van der Waals surface area contributed by atoms with Gasteiger partial charge in [0, 0.05) is 62.5 Å². The molecule has 3 aliphatic rings. The Morgan fingerprint density at radius 2 is 1.95 bits per heavy atom. The molecule has 1 aromatic carbocycles. The van der Waals surface area contributed by atoms with Crippen LogP contribution < -0.4 is 10.2 Å². The molecule has 2 saturated heterocycles. The summed E-state index contributed by atoms with van der Waals surface area (Å²) < 4.78 is 19.0. The first-order chi connectivity index (χ1) is 17.7. The van der Waals surface area contributed by atoms with Crippen LogP contribution in [0.2, 0.25) is 0 Å². The molecule has 0 spiro atoms. The maximum atomic E-state index is 13.8. The minimum atomic E-state index is -0.238. The molecule has 1 amide bonds. The lowest BCUT2D eigenvalue weighted by Crippen LogP contribution is -2.62. The van der Waals surface area contributed by atoms with Gasteiger partial charge in [-0.15, -0.1) is 0 Å². The van der Waals surface area contributed by atoms with E-state index in [-0.39, 0.29) is 30.6 Å². The van der Waals surface area contributed by atoms with Crippen molar-refractivity contribution >= 4 is 11.6 Å². The van der Waals surface area contributed by atoms with Crippen molar-refractivity contribution in [3.63, 3.8) is 0 Å². The molecule has 38 heavy (non-hydrogen) atoms. The van der Waals surface area contributed by atoms with Gasteiger partial charge in [-0.3, -0.25) is 19.6 Å². The standard InChI is InChI=1S/C29H40FN5O2.CH4/c1-20-15-34(25(14-31-20)16-33-9-10-37-18-21(33)2)17-27(36)35-19-29(3,4)28-26(35)12-23(13-32-28)11-22-5-7-24(30)8-6-22;/h5-8,12-13,20-21,25,31H,9-11,14-19H2,1-4H3;1H4/t20-,21+,25-;/m1./s1. The molecule has 4 heterocycles. The second kappa shape index (κ2) is 11.8. The van der Waals surface area contributed by atoms with E-state index in [1.807, 2.05) is 11.1 Å². The molecule has 3 aliphatic heterocycles. The van der Waals surface area contributed by atoms with E-state index in [0.29, 0.717) is 31.6 Å². The molecule has 2 fully saturated rings. The van der Waals surface area contributed by atoms with Crippen LogP contribution in [0, 0.1) is 5.82 Å². The van der Waals surface area contributed by atoms with Crippen molar-refractivity contribution in [2.45, 2.75) is 65.1 Å². The van der Waals surface area contributed by atoms with Crippen LogP contribution in [0.5, 0.6) is 0 Å². The minimum absolute atomic E-state index is 0. The van der Waals surface area contributed by atoms with Gasteiger partial charge in [-0.05, 0) is 49.6 Å². The quantitative estimate of drug-likeness (QED) is 0.624. The molecule has 0 unspecified atom stereocenters. The van der Waals surface area contributed by atoms with Crippen molar-refractivity contribution in [1.82, 2.24) is 20.1 Å². The fourth-order valence-electron chi connectivity index (χ4n) is 5.90. The smallest absolute Gasteiger partial charge is 0.241 e. The highest BCUT2D eigenvalue weighted by Crippen LogP contribution is 2.39. The largest absolute Gasteiger partial charge is 0.379 e. The van der Waals surface area contributed by atoms with Crippen LogP contribution in [-0.2, 0) is 21.4 Å². The Morgan fingerprint density at radius 3 is 2.68 bits per heavy atom. The third-order valence-corrected chi connectivity index (χ3v) is 8.05. The van der Waals surface area contributed by atoms with Gasteiger partial charge >= 0.3 is 0 Å². The number of pyridine rings is 1. The molecule has 1 aromatic heterocycles. The molecule has 3 atom stereocenters. The molecule has 7 nitrogen and oxygen atoms in total. The van der Waals surface area contributed by atoms with Crippen LogP contribution >= 0.6 is 0 Å². The van der Waals surface area contributed by atoms with Gasteiger partial charge in [0.25, 0.3) is 0 Å². The molecule has 0 aliphatic carbocycles. The fourth-order valence-corrected chi connectivity index (χ4v) is 5.90. The summed E-state index contributed by atoms with van der Waals surface area (Å²) in [5.41, 5.74) is 3.72. The van der Waals surface area contributed by atoms with E-state index in [1.165, 1.54) is 12.1 Å². The molecule has 208 valence electrons. The number of nitrogens with one attached hydrogen (secondary N) is 1. The van der Waals surface area contributed by atoms with Crippen molar-refractivity contribution in [3.8, 4) is 0 Å². The van der Waals surface area contributed by atoms with Crippen molar-refractivity contribution in [2.75, 3.05) is 57.4 Å². The number of fused-ring (bicyclic) bond motifs is 1. The number of amides is 1. The predicted molar refractivity (Wildman–Crippen MR) is 150 cm³/mol. The first-order valence-electron chi connectivity index (χ1n) is 13.5. The summed E-state index contributed by atoms with van der Waals surface area (Å²) in [6.07, 6.45) is 2.55. The molecular weight excluding hydrogens is 481 g/mol. The highest BCUT2D eigenvalue weighted by Gasteiger charge is 2.41. The Bertz CT molecular complexity index is 1110. The first kappa shape index (κ1) is 28.6. The summed E-state index contributed by atoms with van der Waals surface area (Å²) >= 11 is 0. The normalized spacial score (nSPS) is 25.6. The number of hydrogen-bond acceptors (Lipinski definition) is 6. The number of aromatic nitrogens is 1. The average molecular weight is 526 g/mol. The van der Waals surface area contributed by atoms with Gasteiger partial charge in [-0.2, -0.15) is 0 Å². The number of ether oxygens (including phenoxy) is 1. The lowest BCUT2D eigenvalue weighted by Gasteiger charge is -2.43. The van der Waals surface area contributed by atoms with Gasteiger partial charge in [-0.1, -0.05) is 33.4 Å². The summed E-state index contributed by atoms with van der Waals surface area (Å²) in [7, 11) is 0. The number of rotatable bonds is 6. The number of nitrogens with zero attached hydrogens (tertiary/aromatic N) is 4. The minimum Gasteiger partial charge on any atom is -0.379 e. The van der Waals surface area contributed by atoms with E-state index in [9.17, 15) is 9.18 Å². The van der Waals surface area contributed by atoms with E-state index >= 15 is 0 Å². The van der Waals surface area contributed by atoms with Crippen molar-refractivity contribution < 1.29 is 13.9 Å². The summed E-state index contributed by atoms with van der Waals surface area (Å²) in [5, 5.41) is 3.61. The van der Waals surface area contributed by atoms with E-state index in [2.05, 4.69) is 48.9 Å². The first-order valence-corrected chi connectivity index (χ1v) is 13.5. The number of piperazine rings is 1. The number of hydrogen-bond donors (Lipinski definition) is 1. The highest BCUT2D eigenvalue weighted by atomic mass is 19.1. The van der Waals surface area contributed by atoms with E-state index in [1.54, 1.807) is 12.1 Å². The number of carbonyl (C=O) groups is 1. The number of carbonyl (C=O) groups excluding carboxylic acids is 1. The molecule has 8 heteroatoms. The number of halogens is 1. The zero-order chi connectivity index (χ0) is 26.2. The number of anilines is 1. The van der Waals surface area contributed by atoms with Gasteiger partial charge in [0.2, 0.25) is 5.91 Å². The summed E-state index contributed by atoms with van der Waals surface area (Å²) in [4.78, 5) is 25.4. The van der Waals surface area contributed by atoms with Gasteiger partial charge in [0.1, 0.15) is 5.82 Å². The molecular formula is C30H44FN5O2. The molecule has 1 N–H and O–H groups in total. The third-order valence-electron chi connectivity index (χ3n) is 8.05. The Kier molecular flexibility index (Phi) is 8.87. The van der Waals surface area contributed by atoms with Crippen LogP contribution in [0.15, 0.2) is 36.5 Å². The topological polar surface area (TPSA) is 60.9 Å². The Balaban J connectivity index is 0.00000336. The van der Waals surface area contributed by atoms with Crippen molar-refractivity contribution in [2.24, 2.45) is 0 Å². The maximum absolute atomic E-state index is 13.8. The molecule has 0 saturated carbocycles. The Morgan fingerprint density at radius 1 is 1.18 bits per heavy atom. The Labute approximate surface area is 227 Å². The van der Waals surface area contributed by atoms with Crippen molar-refractivity contribution in [3.05, 3.63) is 59.2 Å². The average Bonchev–Trinajstić information content (AvgIpc) is 3.14. The van der Waals surface area contributed by atoms with E-state index in [4.69, 9.17) is 9.72 Å². The van der Waals surface area contributed by atoms with Crippen molar-refractivity contribution in [1.29, 1.82) is 0 Å². The van der Waals surface area contributed by atoms with Crippen LogP contribution in [0.1, 0.15) is 51.9 Å². The lowest BCUT2D eigenvalue weighted by molar-refractivity contribution is -0.121. The summed E-state index contributed by atoms with van der Waals surface area (Å²) in [6.45, 7) is 14.9. The SMILES string of the molecule is C.C[C@@H]1CN(CC(=O)N2CC(C)(C)c3ncc(Cc4ccc(F)cc4)cc32)[C@@H](CN2CCOC[C@@H]2C)CN1. The van der Waals surface area contributed by atoms with E-state index in [0.717, 1.165) is 61.9 Å². The highest BCUT2D eigenvalue weighted by molar-refractivity contribution is 5.97. The Hall–Kier alpha value is -2.39. The van der Waals surface area contributed by atoms with Gasteiger partial charge in [0.15, 0.2) is 0 Å². The number of morpholine rings is 1. The second-order valence-corrected chi connectivity index (χ2v) is 11.7. The van der Waals surface area contributed by atoms with Gasteiger partial charge in [0.05, 0.1) is 31.1 Å². The third kappa shape index (κ3) is 6.25. The predicted octanol–water partition coefficient (Wildman–Crippen LogP) is 3.45. The second-order valence-electron chi connectivity index (χ2n) is 11.7. The summed E-state index contributed by atoms with van der Waals surface area (Å²) in [5.74, 6) is -0.111. The zero-order valence-corrected chi connectivity index (χ0v) is 22.5. The molecule has 0 radical (unpaired) electrons. The fraction of sp³-hybridized carbons (Fsp3) is 0.600.